The summed E-state index contributed by atoms with van der Waals surface area (Å²) in [4.78, 5) is 4.09. The molecular weight excluding hydrogens is 240 g/mol. The topological polar surface area (TPSA) is 56.8 Å². The Hall–Kier alpha value is -1.55. The van der Waals surface area contributed by atoms with Crippen LogP contribution in [-0.4, -0.2) is 24.8 Å². The molecule has 0 spiro atoms. The Morgan fingerprint density at radius 2 is 2.11 bits per heavy atom. The molecule has 0 fully saturated rings. The predicted molar refractivity (Wildman–Crippen MR) is 75.8 cm³/mol. The maximum Gasteiger partial charge on any atom is 0.282 e. The number of rotatable bonds is 6. The van der Waals surface area contributed by atoms with E-state index in [1.165, 1.54) is 5.56 Å². The Kier molecular flexibility index (Phi) is 4.80. The van der Waals surface area contributed by atoms with E-state index >= 15 is 0 Å². The van der Waals surface area contributed by atoms with Gasteiger partial charge in [0.05, 0.1) is 19.3 Å². The Bertz CT molecular complexity index is 417. The van der Waals surface area contributed by atoms with Crippen molar-refractivity contribution in [2.24, 2.45) is 16.6 Å². The van der Waals surface area contributed by atoms with Crippen molar-refractivity contribution in [1.82, 2.24) is 0 Å². The molecule has 0 saturated carbocycles. The van der Waals surface area contributed by atoms with Crippen molar-refractivity contribution in [1.29, 1.82) is 0 Å². The van der Waals surface area contributed by atoms with Crippen LogP contribution >= 0.6 is 0 Å². The van der Waals surface area contributed by atoms with E-state index in [-0.39, 0.29) is 18.2 Å². The van der Waals surface area contributed by atoms with Crippen LogP contribution in [0.25, 0.3) is 0 Å². The van der Waals surface area contributed by atoms with Gasteiger partial charge in [-0.1, -0.05) is 44.2 Å². The highest BCUT2D eigenvalue weighted by molar-refractivity contribution is 5.73. The lowest BCUT2D eigenvalue weighted by Crippen LogP contribution is -2.34. The van der Waals surface area contributed by atoms with E-state index in [0.717, 1.165) is 6.42 Å². The van der Waals surface area contributed by atoms with Gasteiger partial charge in [-0.2, -0.15) is 0 Å². The number of hydrogen-bond donors (Lipinski definition) is 1. The van der Waals surface area contributed by atoms with Crippen LogP contribution in [0.15, 0.2) is 35.3 Å². The predicted octanol–water partition coefficient (Wildman–Crippen LogP) is 2.33. The molecule has 0 radical (unpaired) electrons. The zero-order chi connectivity index (χ0) is 13.7. The molecule has 0 aromatic heterocycles. The molecule has 104 valence electrons. The summed E-state index contributed by atoms with van der Waals surface area (Å²) in [6.07, 6.45) is 0.927. The Balaban J connectivity index is 1.91. The monoisotopic (exact) mass is 262 g/mol. The van der Waals surface area contributed by atoms with Crippen molar-refractivity contribution >= 4 is 6.02 Å². The van der Waals surface area contributed by atoms with Crippen molar-refractivity contribution in [3.63, 3.8) is 0 Å². The van der Waals surface area contributed by atoms with E-state index in [4.69, 9.17) is 15.2 Å². The molecule has 2 atom stereocenters. The molecule has 1 heterocycles. The molecule has 2 rings (SSSR count). The molecule has 1 aromatic rings. The fourth-order valence-electron chi connectivity index (χ4n) is 2.17. The highest BCUT2D eigenvalue weighted by Crippen LogP contribution is 2.19. The van der Waals surface area contributed by atoms with E-state index in [9.17, 15) is 0 Å². The van der Waals surface area contributed by atoms with Gasteiger partial charge in [0, 0.05) is 0 Å². The van der Waals surface area contributed by atoms with Gasteiger partial charge in [0.2, 0.25) is 0 Å². The van der Waals surface area contributed by atoms with E-state index < -0.39 is 0 Å². The zero-order valence-corrected chi connectivity index (χ0v) is 11.6. The Morgan fingerprint density at radius 1 is 1.37 bits per heavy atom. The van der Waals surface area contributed by atoms with Crippen LogP contribution in [0.4, 0.5) is 0 Å². The summed E-state index contributed by atoms with van der Waals surface area (Å²) < 4.78 is 11.5. The summed E-state index contributed by atoms with van der Waals surface area (Å²) >= 11 is 0. The van der Waals surface area contributed by atoms with Gasteiger partial charge in [-0.25, -0.2) is 4.99 Å². The molecule has 0 amide bonds. The van der Waals surface area contributed by atoms with Gasteiger partial charge >= 0.3 is 0 Å². The molecule has 0 bridgehead atoms. The minimum atomic E-state index is -0.0499. The first kappa shape index (κ1) is 13.9. The lowest BCUT2D eigenvalue weighted by molar-refractivity contribution is -0.0396. The number of benzene rings is 1. The van der Waals surface area contributed by atoms with Crippen LogP contribution < -0.4 is 5.73 Å². The van der Waals surface area contributed by atoms with Crippen molar-refractivity contribution < 1.29 is 9.47 Å². The third-order valence-corrected chi connectivity index (χ3v) is 3.12. The normalized spacial score (nSPS) is 20.2. The van der Waals surface area contributed by atoms with Crippen LogP contribution in [0.2, 0.25) is 0 Å². The maximum absolute atomic E-state index is 6.02. The molecule has 4 heteroatoms. The number of nitrogens with two attached hydrogens (primary N) is 1. The number of ether oxygens (including phenoxy) is 2. The first-order valence-corrected chi connectivity index (χ1v) is 6.77. The van der Waals surface area contributed by atoms with E-state index in [1.54, 1.807) is 0 Å². The molecule has 19 heavy (non-hydrogen) atoms. The SMILES string of the molecule is CC(C)CC(OCc1ccccc1)C1CN=C(N)O1. The summed E-state index contributed by atoms with van der Waals surface area (Å²) in [5, 5.41) is 0. The van der Waals surface area contributed by atoms with Gasteiger partial charge in [0.25, 0.3) is 6.02 Å². The molecular formula is C15H22N2O2. The minimum Gasteiger partial charge on any atom is -0.457 e. The van der Waals surface area contributed by atoms with Crippen molar-refractivity contribution in [2.45, 2.75) is 39.1 Å². The zero-order valence-electron chi connectivity index (χ0n) is 11.6. The largest absolute Gasteiger partial charge is 0.457 e. The molecule has 1 aliphatic rings. The van der Waals surface area contributed by atoms with E-state index in [0.29, 0.717) is 19.1 Å². The average molecular weight is 262 g/mol. The van der Waals surface area contributed by atoms with Crippen LogP contribution in [0.5, 0.6) is 0 Å². The van der Waals surface area contributed by atoms with Gasteiger partial charge in [-0.05, 0) is 17.9 Å². The summed E-state index contributed by atoms with van der Waals surface area (Å²) in [6.45, 7) is 5.55. The van der Waals surface area contributed by atoms with E-state index in [1.807, 2.05) is 18.2 Å². The number of aliphatic imine (C=N–C) groups is 1. The van der Waals surface area contributed by atoms with E-state index in [2.05, 4.69) is 31.0 Å². The number of amidine groups is 1. The second kappa shape index (κ2) is 6.57. The third-order valence-electron chi connectivity index (χ3n) is 3.12. The standard InChI is InChI=1S/C15H22N2O2/c1-11(2)8-13(14-9-17-15(16)19-14)18-10-12-6-4-3-5-7-12/h3-7,11,13-14H,8-10H2,1-2H3,(H2,16,17). The quantitative estimate of drug-likeness (QED) is 0.856. The second-order valence-electron chi connectivity index (χ2n) is 5.30. The van der Waals surface area contributed by atoms with Gasteiger partial charge in [0.1, 0.15) is 6.10 Å². The van der Waals surface area contributed by atoms with Crippen molar-refractivity contribution in [3.8, 4) is 0 Å². The van der Waals surface area contributed by atoms with Crippen LogP contribution in [0.1, 0.15) is 25.8 Å². The highest BCUT2D eigenvalue weighted by Gasteiger charge is 2.29. The molecule has 0 saturated heterocycles. The van der Waals surface area contributed by atoms with Gasteiger partial charge in [0.15, 0.2) is 0 Å². The second-order valence-corrected chi connectivity index (χ2v) is 5.30. The minimum absolute atomic E-state index is 0.0324. The summed E-state index contributed by atoms with van der Waals surface area (Å²) in [5.74, 6) is 0.547. The third kappa shape index (κ3) is 4.24. The lowest BCUT2D eigenvalue weighted by Gasteiger charge is -2.24. The van der Waals surface area contributed by atoms with Crippen molar-refractivity contribution in [2.75, 3.05) is 6.54 Å². The highest BCUT2D eigenvalue weighted by atomic mass is 16.6. The van der Waals surface area contributed by atoms with Crippen LogP contribution in [0.3, 0.4) is 0 Å². The van der Waals surface area contributed by atoms with Crippen LogP contribution in [0, 0.1) is 5.92 Å². The number of nitrogens with zero attached hydrogens (tertiary/aromatic N) is 1. The fraction of sp³-hybridized carbons (Fsp3) is 0.533. The van der Waals surface area contributed by atoms with Crippen molar-refractivity contribution in [3.05, 3.63) is 35.9 Å². The first-order valence-electron chi connectivity index (χ1n) is 6.77. The molecule has 2 unspecified atom stereocenters. The smallest absolute Gasteiger partial charge is 0.282 e. The Morgan fingerprint density at radius 3 is 2.68 bits per heavy atom. The van der Waals surface area contributed by atoms with Gasteiger partial charge < -0.3 is 15.2 Å². The maximum atomic E-state index is 6.02. The average Bonchev–Trinajstić information content (AvgIpc) is 2.82. The van der Waals surface area contributed by atoms with Gasteiger partial charge in [-0.15, -0.1) is 0 Å². The molecule has 1 aliphatic heterocycles. The molecule has 0 aliphatic carbocycles. The summed E-state index contributed by atoms with van der Waals surface area (Å²) in [5.41, 5.74) is 6.74. The van der Waals surface area contributed by atoms with Crippen LogP contribution in [-0.2, 0) is 16.1 Å². The fourth-order valence-corrected chi connectivity index (χ4v) is 2.17. The Labute approximate surface area is 114 Å². The molecule has 2 N–H and O–H groups in total. The summed E-state index contributed by atoms with van der Waals surface area (Å²) in [7, 11) is 0. The molecule has 1 aromatic carbocycles. The first-order chi connectivity index (χ1) is 9.15. The van der Waals surface area contributed by atoms with Gasteiger partial charge in [-0.3, -0.25) is 0 Å². The lowest BCUT2D eigenvalue weighted by atomic mass is 10.0. The summed E-state index contributed by atoms with van der Waals surface area (Å²) in [6, 6.07) is 10.4. The number of hydrogen-bond acceptors (Lipinski definition) is 4. The molecule has 4 nitrogen and oxygen atoms in total.